The number of aryl methyl sites for hydroxylation is 1. The molecule has 1 N–H and O–H groups in total. The van der Waals surface area contributed by atoms with E-state index in [4.69, 9.17) is 9.72 Å². The summed E-state index contributed by atoms with van der Waals surface area (Å²) in [6, 6.07) is 20.0. The minimum Gasteiger partial charge on any atom is -0.379 e. The SMILES string of the molecule is Cc1cc2cnc(Nc3ccc(N4CCC(CCCN5CCOCC5)CC4)cc3)nc2n(-c2ccccc2)c1=O. The number of piperidine rings is 1. The van der Waals surface area contributed by atoms with Crippen molar-refractivity contribution in [2.45, 2.75) is 32.6 Å². The van der Waals surface area contributed by atoms with E-state index in [2.05, 4.69) is 44.4 Å². The summed E-state index contributed by atoms with van der Waals surface area (Å²) in [7, 11) is 0. The van der Waals surface area contributed by atoms with Gasteiger partial charge in [0.25, 0.3) is 5.56 Å². The molecule has 2 aromatic carbocycles. The maximum atomic E-state index is 13.0. The lowest BCUT2D eigenvalue weighted by Crippen LogP contribution is -2.37. The van der Waals surface area contributed by atoms with Gasteiger partial charge in [-0.15, -0.1) is 0 Å². The molecule has 2 fully saturated rings. The number of fused-ring (bicyclic) bond motifs is 1. The summed E-state index contributed by atoms with van der Waals surface area (Å²) >= 11 is 0. The number of aromatic nitrogens is 3. The van der Waals surface area contributed by atoms with Crippen LogP contribution in [0.4, 0.5) is 17.3 Å². The average Bonchev–Trinajstić information content (AvgIpc) is 3.00. The number of ether oxygens (including phenoxy) is 1. The minimum absolute atomic E-state index is 0.0754. The van der Waals surface area contributed by atoms with E-state index in [0.29, 0.717) is 17.2 Å². The molecule has 8 heteroatoms. The molecule has 0 aliphatic carbocycles. The highest BCUT2D eigenvalue weighted by Crippen LogP contribution is 2.28. The van der Waals surface area contributed by atoms with Crippen molar-refractivity contribution >= 4 is 28.4 Å². The summed E-state index contributed by atoms with van der Waals surface area (Å²) in [6.07, 6.45) is 6.92. The van der Waals surface area contributed by atoms with Crippen molar-refractivity contribution in [1.29, 1.82) is 0 Å². The number of pyridine rings is 1. The Kier molecular flexibility index (Phi) is 8.07. The Labute approximate surface area is 235 Å². The van der Waals surface area contributed by atoms with Gasteiger partial charge in [0.1, 0.15) is 0 Å². The zero-order valence-electron chi connectivity index (χ0n) is 23.3. The Bertz CT molecular complexity index is 1470. The molecular weight excluding hydrogens is 500 g/mol. The molecule has 0 atom stereocenters. The summed E-state index contributed by atoms with van der Waals surface area (Å²) in [5.41, 5.74) is 4.13. The predicted molar refractivity (Wildman–Crippen MR) is 161 cm³/mol. The highest BCUT2D eigenvalue weighted by molar-refractivity contribution is 5.78. The van der Waals surface area contributed by atoms with Gasteiger partial charge in [0, 0.05) is 54.7 Å². The largest absolute Gasteiger partial charge is 0.379 e. The normalized spacial score (nSPS) is 16.9. The van der Waals surface area contributed by atoms with Gasteiger partial charge >= 0.3 is 0 Å². The van der Waals surface area contributed by atoms with E-state index in [-0.39, 0.29) is 5.56 Å². The maximum Gasteiger partial charge on any atom is 0.259 e. The molecule has 8 nitrogen and oxygen atoms in total. The molecule has 40 heavy (non-hydrogen) atoms. The van der Waals surface area contributed by atoms with Gasteiger partial charge in [-0.05, 0) is 87.5 Å². The van der Waals surface area contributed by atoms with E-state index in [0.717, 1.165) is 62.1 Å². The van der Waals surface area contributed by atoms with Crippen molar-refractivity contribution in [3.05, 3.63) is 82.8 Å². The molecule has 4 heterocycles. The van der Waals surface area contributed by atoms with Gasteiger partial charge in [0.05, 0.1) is 18.9 Å². The predicted octanol–water partition coefficient (Wildman–Crippen LogP) is 5.16. The summed E-state index contributed by atoms with van der Waals surface area (Å²) < 4.78 is 7.12. The first kappa shape index (κ1) is 26.5. The number of nitrogens with zero attached hydrogens (tertiary/aromatic N) is 5. The van der Waals surface area contributed by atoms with Crippen LogP contribution in [0, 0.1) is 12.8 Å². The van der Waals surface area contributed by atoms with Crippen LogP contribution >= 0.6 is 0 Å². The first-order chi connectivity index (χ1) is 19.6. The van der Waals surface area contributed by atoms with Gasteiger partial charge < -0.3 is 15.0 Å². The molecule has 0 saturated carbocycles. The van der Waals surface area contributed by atoms with Gasteiger partial charge in [-0.1, -0.05) is 18.2 Å². The fourth-order valence-corrected chi connectivity index (χ4v) is 5.90. The summed E-state index contributed by atoms with van der Waals surface area (Å²) in [6.45, 7) is 9.21. The van der Waals surface area contributed by atoms with Crippen LogP contribution < -0.4 is 15.8 Å². The molecule has 0 unspecified atom stereocenters. The lowest BCUT2D eigenvalue weighted by atomic mass is 9.92. The topological polar surface area (TPSA) is 75.5 Å². The van der Waals surface area contributed by atoms with E-state index in [9.17, 15) is 4.79 Å². The van der Waals surface area contributed by atoms with Crippen molar-refractivity contribution in [1.82, 2.24) is 19.4 Å². The number of hydrogen-bond acceptors (Lipinski definition) is 7. The Morgan fingerprint density at radius 2 is 1.70 bits per heavy atom. The molecule has 208 valence electrons. The van der Waals surface area contributed by atoms with E-state index < -0.39 is 0 Å². The van der Waals surface area contributed by atoms with Crippen LogP contribution in [-0.2, 0) is 4.74 Å². The standard InChI is InChI=1S/C32H38N6O2/c1-24-22-26-23-33-32(35-30(26)38(31(24)39)29-7-3-2-4-8-29)34-27-9-11-28(12-10-27)37-16-13-25(14-17-37)6-5-15-36-18-20-40-21-19-36/h2-4,7-12,22-23,25H,5-6,13-21H2,1H3,(H,33,34,35). The minimum atomic E-state index is -0.0754. The number of anilines is 3. The molecule has 2 aromatic heterocycles. The third-order valence-electron chi connectivity index (χ3n) is 8.23. The molecule has 2 aliphatic rings. The average molecular weight is 539 g/mol. The molecular formula is C32H38N6O2. The van der Waals surface area contributed by atoms with E-state index in [1.807, 2.05) is 43.3 Å². The quantitative estimate of drug-likeness (QED) is 0.332. The van der Waals surface area contributed by atoms with E-state index in [1.54, 1.807) is 10.8 Å². The highest BCUT2D eigenvalue weighted by atomic mass is 16.5. The Morgan fingerprint density at radius 3 is 2.45 bits per heavy atom. The van der Waals surface area contributed by atoms with Crippen LogP contribution in [0.2, 0.25) is 0 Å². The van der Waals surface area contributed by atoms with Crippen LogP contribution in [0.15, 0.2) is 71.7 Å². The number of para-hydroxylation sites is 1. The smallest absolute Gasteiger partial charge is 0.259 e. The van der Waals surface area contributed by atoms with Crippen molar-refractivity contribution in [2.75, 3.05) is 56.2 Å². The van der Waals surface area contributed by atoms with Crippen molar-refractivity contribution in [3.8, 4) is 5.69 Å². The first-order valence-electron chi connectivity index (χ1n) is 14.5. The molecule has 0 bridgehead atoms. The second kappa shape index (κ2) is 12.2. The third-order valence-corrected chi connectivity index (χ3v) is 8.23. The monoisotopic (exact) mass is 538 g/mol. The maximum absolute atomic E-state index is 13.0. The highest BCUT2D eigenvalue weighted by Gasteiger charge is 2.20. The lowest BCUT2D eigenvalue weighted by molar-refractivity contribution is 0.0365. The summed E-state index contributed by atoms with van der Waals surface area (Å²) in [5, 5.41) is 4.15. The van der Waals surface area contributed by atoms with Gasteiger partial charge in [0.2, 0.25) is 5.95 Å². The zero-order chi connectivity index (χ0) is 27.3. The molecule has 0 radical (unpaired) electrons. The van der Waals surface area contributed by atoms with Gasteiger partial charge in [-0.3, -0.25) is 14.3 Å². The Balaban J connectivity index is 1.08. The van der Waals surface area contributed by atoms with Crippen LogP contribution in [-0.4, -0.2) is 65.4 Å². The third kappa shape index (κ3) is 6.03. The van der Waals surface area contributed by atoms with E-state index >= 15 is 0 Å². The second-order valence-electron chi connectivity index (χ2n) is 11.0. The van der Waals surface area contributed by atoms with Gasteiger partial charge in [-0.25, -0.2) is 4.98 Å². The molecule has 6 rings (SSSR count). The first-order valence-corrected chi connectivity index (χ1v) is 14.5. The van der Waals surface area contributed by atoms with Crippen LogP contribution in [0.5, 0.6) is 0 Å². The Hall–Kier alpha value is -3.75. The van der Waals surface area contributed by atoms with Crippen molar-refractivity contribution < 1.29 is 4.74 Å². The fourth-order valence-electron chi connectivity index (χ4n) is 5.90. The number of nitrogens with one attached hydrogen (secondary N) is 1. The number of rotatable bonds is 8. The van der Waals surface area contributed by atoms with Crippen molar-refractivity contribution in [3.63, 3.8) is 0 Å². The molecule has 0 amide bonds. The van der Waals surface area contributed by atoms with Crippen LogP contribution in [0.3, 0.4) is 0 Å². The lowest BCUT2D eigenvalue weighted by Gasteiger charge is -2.34. The zero-order valence-corrected chi connectivity index (χ0v) is 23.3. The Morgan fingerprint density at radius 1 is 0.950 bits per heavy atom. The molecule has 2 saturated heterocycles. The second-order valence-corrected chi connectivity index (χ2v) is 11.0. The van der Waals surface area contributed by atoms with Crippen LogP contribution in [0.1, 0.15) is 31.2 Å². The van der Waals surface area contributed by atoms with E-state index in [1.165, 1.54) is 37.9 Å². The molecule has 2 aliphatic heterocycles. The van der Waals surface area contributed by atoms with Gasteiger partial charge in [-0.2, -0.15) is 4.98 Å². The number of hydrogen-bond donors (Lipinski definition) is 1. The number of benzene rings is 2. The fraction of sp³-hybridized carbons (Fsp3) is 0.406. The van der Waals surface area contributed by atoms with Crippen LogP contribution in [0.25, 0.3) is 16.7 Å². The van der Waals surface area contributed by atoms with Gasteiger partial charge in [0.15, 0.2) is 5.65 Å². The molecule has 4 aromatic rings. The number of morpholine rings is 1. The summed E-state index contributed by atoms with van der Waals surface area (Å²) in [5.74, 6) is 1.30. The summed E-state index contributed by atoms with van der Waals surface area (Å²) in [4.78, 5) is 27.4. The molecule has 0 spiro atoms. The van der Waals surface area contributed by atoms with Crippen molar-refractivity contribution in [2.24, 2.45) is 5.92 Å².